The van der Waals surface area contributed by atoms with Gasteiger partial charge in [-0.1, -0.05) is 39.3 Å². The monoisotopic (exact) mass is 299 g/mol. The van der Waals surface area contributed by atoms with E-state index < -0.39 is 17.4 Å². The third kappa shape index (κ3) is 4.12. The predicted octanol–water partition coefficient (Wildman–Crippen LogP) is 2.82. The quantitative estimate of drug-likeness (QED) is 0.783. The first-order valence-electron chi connectivity index (χ1n) is 6.60. The number of phenolic OH excluding ortho intramolecular Hbond substituents is 1. The topological polar surface area (TPSA) is 69.6 Å². The van der Waals surface area contributed by atoms with Crippen LogP contribution in [0.5, 0.6) is 5.75 Å². The van der Waals surface area contributed by atoms with Gasteiger partial charge in [0, 0.05) is 17.0 Å². The Labute approximate surface area is 124 Å². The molecular formula is C15H22ClNO3. The number of aromatic hydroxyl groups is 1. The fraction of sp³-hybridized carbons (Fsp3) is 0.533. The Kier molecular flexibility index (Phi) is 5.42. The number of halogens is 1. The number of aliphatic hydroxyl groups is 1. The number of aliphatic hydroxyl groups excluding tert-OH is 1. The molecule has 0 heterocycles. The second kappa shape index (κ2) is 6.46. The van der Waals surface area contributed by atoms with Gasteiger partial charge >= 0.3 is 0 Å². The van der Waals surface area contributed by atoms with E-state index in [-0.39, 0.29) is 17.2 Å². The Morgan fingerprint density at radius 2 is 2.00 bits per heavy atom. The average Bonchev–Trinajstić information content (AvgIpc) is 2.37. The Morgan fingerprint density at radius 3 is 2.55 bits per heavy atom. The highest BCUT2D eigenvalue weighted by Gasteiger charge is 2.30. The minimum Gasteiger partial charge on any atom is -0.507 e. The van der Waals surface area contributed by atoms with Gasteiger partial charge in [0.1, 0.15) is 5.75 Å². The first kappa shape index (κ1) is 16.8. The first-order chi connectivity index (χ1) is 9.15. The Bertz CT molecular complexity index is 486. The lowest BCUT2D eigenvalue weighted by Crippen LogP contribution is -2.43. The summed E-state index contributed by atoms with van der Waals surface area (Å²) in [7, 11) is 0. The van der Waals surface area contributed by atoms with Crippen LogP contribution in [-0.2, 0) is 0 Å². The van der Waals surface area contributed by atoms with Gasteiger partial charge in [-0.3, -0.25) is 4.79 Å². The maximum atomic E-state index is 12.0. The smallest absolute Gasteiger partial charge is 0.255 e. The summed E-state index contributed by atoms with van der Waals surface area (Å²) < 4.78 is 0. The van der Waals surface area contributed by atoms with E-state index in [0.29, 0.717) is 11.6 Å². The molecule has 3 N–H and O–H groups in total. The van der Waals surface area contributed by atoms with Crippen molar-refractivity contribution in [2.24, 2.45) is 11.3 Å². The lowest BCUT2D eigenvalue weighted by Gasteiger charge is -2.33. The van der Waals surface area contributed by atoms with Crippen molar-refractivity contribution in [1.29, 1.82) is 0 Å². The molecule has 0 aliphatic heterocycles. The third-order valence-electron chi connectivity index (χ3n) is 3.34. The first-order valence-corrected chi connectivity index (χ1v) is 6.97. The van der Waals surface area contributed by atoms with E-state index in [0.717, 1.165) is 0 Å². The van der Waals surface area contributed by atoms with Gasteiger partial charge in [-0.25, -0.2) is 0 Å². The minimum absolute atomic E-state index is 0.0986. The highest BCUT2D eigenvalue weighted by Crippen LogP contribution is 2.26. The number of carbonyl (C=O) groups excluding carboxylic acids is 1. The van der Waals surface area contributed by atoms with Crippen molar-refractivity contribution in [1.82, 2.24) is 5.32 Å². The molecule has 1 aromatic rings. The lowest BCUT2D eigenvalue weighted by molar-refractivity contribution is 0.0138. The van der Waals surface area contributed by atoms with Crippen LogP contribution in [0, 0.1) is 11.3 Å². The second-order valence-corrected chi connectivity index (χ2v) is 6.46. The Hall–Kier alpha value is -1.26. The number of nitrogens with one attached hydrogen (secondary N) is 1. The molecule has 0 bridgehead atoms. The molecule has 20 heavy (non-hydrogen) atoms. The highest BCUT2D eigenvalue weighted by molar-refractivity contribution is 6.31. The highest BCUT2D eigenvalue weighted by atomic mass is 35.5. The molecule has 0 radical (unpaired) electrons. The number of carbonyl (C=O) groups is 1. The number of benzene rings is 1. The fourth-order valence-electron chi connectivity index (χ4n) is 2.10. The number of hydrogen-bond acceptors (Lipinski definition) is 3. The summed E-state index contributed by atoms with van der Waals surface area (Å²) in [6.07, 6.45) is -0.532. The van der Waals surface area contributed by atoms with E-state index in [4.69, 9.17) is 11.6 Å². The minimum atomic E-state index is -0.532. The van der Waals surface area contributed by atoms with E-state index in [1.165, 1.54) is 18.2 Å². The van der Waals surface area contributed by atoms with Crippen LogP contribution in [0.1, 0.15) is 38.1 Å². The van der Waals surface area contributed by atoms with E-state index in [9.17, 15) is 15.0 Å². The van der Waals surface area contributed by atoms with Crippen LogP contribution < -0.4 is 5.32 Å². The van der Waals surface area contributed by atoms with E-state index >= 15 is 0 Å². The van der Waals surface area contributed by atoms with Crippen LogP contribution in [0.2, 0.25) is 5.02 Å². The van der Waals surface area contributed by atoms with Crippen molar-refractivity contribution in [2.75, 3.05) is 6.54 Å². The summed E-state index contributed by atoms with van der Waals surface area (Å²) in [5.74, 6) is -0.426. The Balaban J connectivity index is 2.75. The molecule has 0 aromatic heterocycles. The summed E-state index contributed by atoms with van der Waals surface area (Å²) in [6.45, 7) is 7.93. The van der Waals surface area contributed by atoms with E-state index in [1.807, 2.05) is 27.7 Å². The van der Waals surface area contributed by atoms with Gasteiger partial charge in [-0.15, -0.1) is 0 Å². The third-order valence-corrected chi connectivity index (χ3v) is 3.58. The van der Waals surface area contributed by atoms with E-state index in [2.05, 4.69) is 5.32 Å². The molecule has 0 aliphatic rings. The number of hydrogen-bond donors (Lipinski definition) is 3. The van der Waals surface area contributed by atoms with Crippen LogP contribution in [-0.4, -0.2) is 28.8 Å². The zero-order chi connectivity index (χ0) is 15.5. The molecule has 0 fully saturated rings. The molecule has 1 rings (SSSR count). The molecule has 1 aromatic carbocycles. The van der Waals surface area contributed by atoms with Crippen molar-refractivity contribution in [3.63, 3.8) is 0 Å². The summed E-state index contributed by atoms with van der Waals surface area (Å²) in [4.78, 5) is 12.0. The molecular weight excluding hydrogens is 278 g/mol. The molecule has 0 spiro atoms. The maximum Gasteiger partial charge on any atom is 0.255 e. The van der Waals surface area contributed by atoms with Gasteiger partial charge in [0.25, 0.3) is 5.91 Å². The Morgan fingerprint density at radius 1 is 1.40 bits per heavy atom. The molecule has 0 unspecified atom stereocenters. The van der Waals surface area contributed by atoms with Gasteiger partial charge in [0.2, 0.25) is 0 Å². The molecule has 0 saturated carbocycles. The van der Waals surface area contributed by atoms with E-state index in [1.54, 1.807) is 0 Å². The predicted molar refractivity (Wildman–Crippen MR) is 80.1 cm³/mol. The molecule has 5 heteroatoms. The van der Waals surface area contributed by atoms with Gasteiger partial charge in [0.15, 0.2) is 0 Å². The SMILES string of the molecule is CC(C)[C@H](O)C(C)(C)CNC(=O)c1cc(Cl)ccc1O. The second-order valence-electron chi connectivity index (χ2n) is 6.02. The number of phenols is 1. The normalized spacial score (nSPS) is 13.3. The summed E-state index contributed by atoms with van der Waals surface area (Å²) in [6, 6.07) is 4.31. The fourth-order valence-corrected chi connectivity index (χ4v) is 2.27. The van der Waals surface area contributed by atoms with Gasteiger partial charge in [-0.2, -0.15) is 0 Å². The van der Waals surface area contributed by atoms with Gasteiger partial charge in [-0.05, 0) is 24.1 Å². The molecule has 112 valence electrons. The molecule has 4 nitrogen and oxygen atoms in total. The number of amides is 1. The molecule has 1 atom stereocenters. The van der Waals surface area contributed by atoms with Crippen LogP contribution in [0.25, 0.3) is 0 Å². The van der Waals surface area contributed by atoms with Gasteiger partial charge in [0.05, 0.1) is 11.7 Å². The summed E-state index contributed by atoms with van der Waals surface area (Å²) in [5.41, 5.74) is -0.329. The molecule has 1 amide bonds. The van der Waals surface area contributed by atoms with Crippen molar-refractivity contribution in [2.45, 2.75) is 33.8 Å². The van der Waals surface area contributed by atoms with Crippen LogP contribution >= 0.6 is 11.6 Å². The molecule has 0 aliphatic carbocycles. The van der Waals surface area contributed by atoms with Gasteiger partial charge < -0.3 is 15.5 Å². The maximum absolute atomic E-state index is 12.0. The van der Waals surface area contributed by atoms with Crippen LogP contribution in [0.15, 0.2) is 18.2 Å². The molecule has 0 saturated heterocycles. The van der Waals surface area contributed by atoms with Crippen LogP contribution in [0.4, 0.5) is 0 Å². The zero-order valence-electron chi connectivity index (χ0n) is 12.3. The average molecular weight is 300 g/mol. The van der Waals surface area contributed by atoms with Crippen molar-refractivity contribution >= 4 is 17.5 Å². The van der Waals surface area contributed by atoms with Crippen molar-refractivity contribution in [3.8, 4) is 5.75 Å². The zero-order valence-corrected chi connectivity index (χ0v) is 13.0. The van der Waals surface area contributed by atoms with Crippen molar-refractivity contribution < 1.29 is 15.0 Å². The van der Waals surface area contributed by atoms with Crippen molar-refractivity contribution in [3.05, 3.63) is 28.8 Å². The van der Waals surface area contributed by atoms with Crippen LogP contribution in [0.3, 0.4) is 0 Å². The summed E-state index contributed by atoms with van der Waals surface area (Å²) >= 11 is 5.81. The largest absolute Gasteiger partial charge is 0.507 e. The standard InChI is InChI=1S/C15H22ClNO3/c1-9(2)13(19)15(3,4)8-17-14(20)11-7-10(16)5-6-12(11)18/h5-7,9,13,18-19H,8H2,1-4H3,(H,17,20)/t13-/m0/s1. The summed E-state index contributed by atoms with van der Waals surface area (Å²) in [5, 5.41) is 22.9. The lowest BCUT2D eigenvalue weighted by atomic mass is 9.80. The number of rotatable bonds is 5.